The number of carbonyl (C=O) groups excluding carboxylic acids is 1. The molecular formula is C15H28N2O2. The number of ether oxygens (including phenoxy) is 1. The molecule has 0 saturated carbocycles. The first-order chi connectivity index (χ1) is 9.20. The Labute approximate surface area is 117 Å². The minimum Gasteiger partial charge on any atom is -0.376 e. The van der Waals surface area contributed by atoms with E-state index in [0.29, 0.717) is 5.92 Å². The minimum absolute atomic E-state index is 0.233. The smallest absolute Gasteiger partial charge is 0.320 e. The lowest BCUT2D eigenvalue weighted by Crippen LogP contribution is -2.51. The largest absolute Gasteiger partial charge is 0.376 e. The molecule has 4 nitrogen and oxygen atoms in total. The summed E-state index contributed by atoms with van der Waals surface area (Å²) < 4.78 is 5.81. The van der Waals surface area contributed by atoms with Crippen LogP contribution in [-0.4, -0.2) is 54.7 Å². The summed E-state index contributed by atoms with van der Waals surface area (Å²) in [6.45, 7) is 8.71. The Bertz CT molecular complexity index is 296. The van der Waals surface area contributed by atoms with Crippen LogP contribution in [0, 0.1) is 5.92 Å². The van der Waals surface area contributed by atoms with Gasteiger partial charge in [-0.25, -0.2) is 4.79 Å². The fraction of sp³-hybridized carbons (Fsp3) is 0.933. The lowest BCUT2D eigenvalue weighted by Gasteiger charge is -2.39. The van der Waals surface area contributed by atoms with E-state index in [1.807, 2.05) is 9.80 Å². The summed E-state index contributed by atoms with van der Waals surface area (Å²) in [4.78, 5) is 16.6. The zero-order valence-corrected chi connectivity index (χ0v) is 12.4. The third-order valence-electron chi connectivity index (χ3n) is 4.13. The summed E-state index contributed by atoms with van der Waals surface area (Å²) in [6, 6.07) is 0.233. The highest BCUT2D eigenvalue weighted by Crippen LogP contribution is 2.20. The first-order valence-electron chi connectivity index (χ1n) is 7.86. The molecule has 0 bridgehead atoms. The molecular weight excluding hydrogens is 240 g/mol. The van der Waals surface area contributed by atoms with Crippen LogP contribution in [0.1, 0.15) is 46.0 Å². The molecule has 19 heavy (non-hydrogen) atoms. The monoisotopic (exact) mass is 268 g/mol. The molecule has 0 N–H and O–H groups in total. The van der Waals surface area contributed by atoms with Crippen LogP contribution in [0.5, 0.6) is 0 Å². The molecule has 2 aliphatic heterocycles. The molecule has 0 spiro atoms. The third-order valence-corrected chi connectivity index (χ3v) is 4.13. The molecule has 2 unspecified atom stereocenters. The van der Waals surface area contributed by atoms with Gasteiger partial charge in [0, 0.05) is 32.8 Å². The number of piperidine rings is 2. The van der Waals surface area contributed by atoms with E-state index in [9.17, 15) is 4.79 Å². The summed E-state index contributed by atoms with van der Waals surface area (Å²) >= 11 is 0. The molecule has 2 fully saturated rings. The number of hydrogen-bond donors (Lipinski definition) is 0. The molecule has 2 saturated heterocycles. The Kier molecular flexibility index (Phi) is 5.49. The maximum Gasteiger partial charge on any atom is 0.320 e. The number of carbonyl (C=O) groups is 1. The van der Waals surface area contributed by atoms with E-state index in [2.05, 4.69) is 13.8 Å². The predicted octanol–water partition coefficient (Wildman–Crippen LogP) is 2.73. The maximum atomic E-state index is 12.5. The van der Waals surface area contributed by atoms with Crippen molar-refractivity contribution in [2.75, 3.05) is 32.8 Å². The summed E-state index contributed by atoms with van der Waals surface area (Å²) in [5, 5.41) is 0. The van der Waals surface area contributed by atoms with Gasteiger partial charge >= 0.3 is 6.03 Å². The van der Waals surface area contributed by atoms with Crippen LogP contribution < -0.4 is 0 Å². The fourth-order valence-corrected chi connectivity index (χ4v) is 3.10. The van der Waals surface area contributed by atoms with Crippen molar-refractivity contribution >= 4 is 6.03 Å². The SMILES string of the molecule is CCCOC1CCCN(C(=O)N2CCCC(C)C2)C1. The van der Waals surface area contributed by atoms with Crippen LogP contribution in [0.2, 0.25) is 0 Å². The number of rotatable bonds is 3. The van der Waals surface area contributed by atoms with E-state index in [4.69, 9.17) is 4.74 Å². The Morgan fingerprint density at radius 3 is 2.53 bits per heavy atom. The van der Waals surface area contributed by atoms with Gasteiger partial charge < -0.3 is 14.5 Å². The molecule has 2 aliphatic rings. The summed E-state index contributed by atoms with van der Waals surface area (Å²) in [7, 11) is 0. The van der Waals surface area contributed by atoms with Gasteiger partial charge in [-0.1, -0.05) is 13.8 Å². The van der Waals surface area contributed by atoms with E-state index in [-0.39, 0.29) is 12.1 Å². The van der Waals surface area contributed by atoms with Crippen LogP contribution in [0.15, 0.2) is 0 Å². The van der Waals surface area contributed by atoms with Gasteiger partial charge in [-0.3, -0.25) is 0 Å². The van der Waals surface area contributed by atoms with Crippen molar-refractivity contribution in [1.82, 2.24) is 9.80 Å². The Morgan fingerprint density at radius 1 is 1.16 bits per heavy atom. The molecule has 2 rings (SSSR count). The van der Waals surface area contributed by atoms with E-state index >= 15 is 0 Å². The second-order valence-electron chi connectivity index (χ2n) is 6.06. The molecule has 0 aromatic carbocycles. The summed E-state index contributed by atoms with van der Waals surface area (Å²) in [5.41, 5.74) is 0. The lowest BCUT2D eigenvalue weighted by atomic mass is 10.0. The first kappa shape index (κ1) is 14.6. The Morgan fingerprint density at radius 2 is 1.84 bits per heavy atom. The van der Waals surface area contributed by atoms with E-state index in [0.717, 1.165) is 58.5 Å². The highest BCUT2D eigenvalue weighted by atomic mass is 16.5. The number of hydrogen-bond acceptors (Lipinski definition) is 2. The molecule has 110 valence electrons. The maximum absolute atomic E-state index is 12.5. The van der Waals surface area contributed by atoms with Crippen molar-refractivity contribution in [2.45, 2.75) is 52.1 Å². The zero-order chi connectivity index (χ0) is 13.7. The van der Waals surface area contributed by atoms with Gasteiger partial charge in [-0.05, 0) is 38.0 Å². The van der Waals surface area contributed by atoms with E-state index in [1.54, 1.807) is 0 Å². The first-order valence-corrected chi connectivity index (χ1v) is 7.86. The number of nitrogens with zero attached hydrogens (tertiary/aromatic N) is 2. The van der Waals surface area contributed by atoms with Crippen molar-refractivity contribution in [2.24, 2.45) is 5.92 Å². The molecule has 0 aromatic heterocycles. The summed E-state index contributed by atoms with van der Waals surface area (Å²) in [6.07, 6.45) is 5.88. The van der Waals surface area contributed by atoms with E-state index < -0.39 is 0 Å². The topological polar surface area (TPSA) is 32.8 Å². The molecule has 0 aromatic rings. The lowest BCUT2D eigenvalue weighted by molar-refractivity contribution is 0.00431. The molecule has 2 heterocycles. The standard InChI is InChI=1S/C15H28N2O2/c1-3-10-19-14-7-5-9-17(12-14)15(18)16-8-4-6-13(2)11-16/h13-14H,3-12H2,1-2H3. The zero-order valence-electron chi connectivity index (χ0n) is 12.4. The highest BCUT2D eigenvalue weighted by molar-refractivity contribution is 5.74. The van der Waals surface area contributed by atoms with Gasteiger partial charge in [0.2, 0.25) is 0 Å². The van der Waals surface area contributed by atoms with Crippen LogP contribution in [0.3, 0.4) is 0 Å². The highest BCUT2D eigenvalue weighted by Gasteiger charge is 2.29. The summed E-state index contributed by atoms with van der Waals surface area (Å²) in [5.74, 6) is 0.648. The second kappa shape index (κ2) is 7.13. The average molecular weight is 268 g/mol. The second-order valence-corrected chi connectivity index (χ2v) is 6.06. The van der Waals surface area contributed by atoms with Crippen LogP contribution >= 0.6 is 0 Å². The molecule has 2 amide bonds. The molecule has 0 aliphatic carbocycles. The van der Waals surface area contributed by atoms with E-state index in [1.165, 1.54) is 6.42 Å². The normalized spacial score (nSPS) is 28.5. The van der Waals surface area contributed by atoms with Gasteiger partial charge in [0.05, 0.1) is 6.10 Å². The number of urea groups is 1. The number of amides is 2. The predicted molar refractivity (Wildman–Crippen MR) is 76.2 cm³/mol. The van der Waals surface area contributed by atoms with Crippen molar-refractivity contribution in [3.63, 3.8) is 0 Å². The quantitative estimate of drug-likeness (QED) is 0.788. The number of likely N-dealkylation sites (tertiary alicyclic amines) is 2. The van der Waals surface area contributed by atoms with Gasteiger partial charge in [0.25, 0.3) is 0 Å². The van der Waals surface area contributed by atoms with Crippen molar-refractivity contribution in [1.29, 1.82) is 0 Å². The van der Waals surface area contributed by atoms with Crippen LogP contribution in [0.25, 0.3) is 0 Å². The van der Waals surface area contributed by atoms with Crippen molar-refractivity contribution in [3.05, 3.63) is 0 Å². The molecule has 4 heteroatoms. The fourth-order valence-electron chi connectivity index (χ4n) is 3.10. The molecule has 2 atom stereocenters. The molecule has 0 radical (unpaired) electrons. The van der Waals surface area contributed by atoms with Crippen molar-refractivity contribution < 1.29 is 9.53 Å². The average Bonchev–Trinajstić information content (AvgIpc) is 2.44. The van der Waals surface area contributed by atoms with Crippen molar-refractivity contribution in [3.8, 4) is 0 Å². The van der Waals surface area contributed by atoms with Gasteiger partial charge in [0.15, 0.2) is 0 Å². The van der Waals surface area contributed by atoms with Gasteiger partial charge in [0.1, 0.15) is 0 Å². The van der Waals surface area contributed by atoms with Gasteiger partial charge in [-0.15, -0.1) is 0 Å². The van der Waals surface area contributed by atoms with Crippen LogP contribution in [0.4, 0.5) is 4.79 Å². The van der Waals surface area contributed by atoms with Crippen LogP contribution in [-0.2, 0) is 4.74 Å². The minimum atomic E-state index is 0.233. The third kappa shape index (κ3) is 4.10. The Hall–Kier alpha value is -0.770. The van der Waals surface area contributed by atoms with Gasteiger partial charge in [-0.2, -0.15) is 0 Å². The Balaban J connectivity index is 1.84.